The molecule has 0 heterocycles. The first kappa shape index (κ1) is 12.6. The van der Waals surface area contributed by atoms with E-state index in [1.807, 2.05) is 29.2 Å². The largest absolute Gasteiger partial charge is 0.334 e. The number of nitrogens with two attached hydrogens (primary N) is 1. The highest BCUT2D eigenvalue weighted by Gasteiger charge is 2.33. The lowest BCUT2D eigenvalue weighted by molar-refractivity contribution is -0.133. The molecule has 1 atom stereocenters. The summed E-state index contributed by atoms with van der Waals surface area (Å²) < 4.78 is 1.04. The highest BCUT2D eigenvalue weighted by molar-refractivity contribution is 9.10. The molecule has 4 heteroatoms. The van der Waals surface area contributed by atoms with Gasteiger partial charge in [-0.1, -0.05) is 28.1 Å². The first-order valence-corrected chi connectivity index (χ1v) is 6.67. The Bertz CT molecular complexity index is 416. The number of carbonyl (C=O) groups is 1. The van der Waals surface area contributed by atoms with E-state index in [0.717, 1.165) is 22.9 Å². The van der Waals surface area contributed by atoms with Gasteiger partial charge in [-0.25, -0.2) is 0 Å². The fraction of sp³-hybridized carbons (Fsp3) is 0.462. The molecule has 0 aromatic heterocycles. The van der Waals surface area contributed by atoms with Gasteiger partial charge in [-0.3, -0.25) is 4.79 Å². The second kappa shape index (κ2) is 5.19. The van der Waals surface area contributed by atoms with Crippen LogP contribution in [0.1, 0.15) is 25.3 Å². The van der Waals surface area contributed by atoms with Crippen LogP contribution in [0.4, 0.5) is 0 Å². The van der Waals surface area contributed by atoms with Crippen molar-refractivity contribution in [2.75, 3.05) is 0 Å². The Kier molecular flexibility index (Phi) is 3.84. The van der Waals surface area contributed by atoms with Crippen LogP contribution in [0.2, 0.25) is 0 Å². The summed E-state index contributed by atoms with van der Waals surface area (Å²) in [5.41, 5.74) is 6.82. The third kappa shape index (κ3) is 3.30. The van der Waals surface area contributed by atoms with Crippen molar-refractivity contribution in [1.82, 2.24) is 4.90 Å². The molecule has 1 unspecified atom stereocenters. The maximum absolute atomic E-state index is 12.0. The van der Waals surface area contributed by atoms with Gasteiger partial charge < -0.3 is 10.6 Å². The van der Waals surface area contributed by atoms with Gasteiger partial charge in [0.2, 0.25) is 5.91 Å². The maximum Gasteiger partial charge on any atom is 0.239 e. The molecule has 92 valence electrons. The molecular formula is C13H17BrN2O. The standard InChI is InChI=1S/C13H17BrN2O/c1-9(15)13(17)16(12-5-6-12)8-10-3-2-4-11(14)7-10/h2-4,7,9,12H,5-6,8,15H2,1H3. The molecular weight excluding hydrogens is 280 g/mol. The van der Waals surface area contributed by atoms with E-state index >= 15 is 0 Å². The third-order valence-corrected chi connectivity index (χ3v) is 3.40. The summed E-state index contributed by atoms with van der Waals surface area (Å²) in [6.07, 6.45) is 2.21. The van der Waals surface area contributed by atoms with E-state index in [1.54, 1.807) is 6.92 Å². The summed E-state index contributed by atoms with van der Waals surface area (Å²) in [6, 6.07) is 8.03. The minimum atomic E-state index is -0.414. The van der Waals surface area contributed by atoms with Gasteiger partial charge in [0, 0.05) is 17.1 Å². The molecule has 0 spiro atoms. The van der Waals surface area contributed by atoms with E-state index in [2.05, 4.69) is 15.9 Å². The Morgan fingerprint density at radius 1 is 1.59 bits per heavy atom. The number of nitrogens with zero attached hydrogens (tertiary/aromatic N) is 1. The van der Waals surface area contributed by atoms with Crippen LogP contribution >= 0.6 is 15.9 Å². The highest BCUT2D eigenvalue weighted by atomic mass is 79.9. The van der Waals surface area contributed by atoms with Crippen molar-refractivity contribution in [2.24, 2.45) is 5.73 Å². The molecule has 0 radical (unpaired) electrons. The molecule has 1 fully saturated rings. The molecule has 0 saturated heterocycles. The van der Waals surface area contributed by atoms with Crippen molar-refractivity contribution in [1.29, 1.82) is 0 Å². The molecule has 17 heavy (non-hydrogen) atoms. The zero-order valence-electron chi connectivity index (χ0n) is 9.90. The minimum Gasteiger partial charge on any atom is -0.334 e. The number of benzene rings is 1. The monoisotopic (exact) mass is 296 g/mol. The van der Waals surface area contributed by atoms with E-state index < -0.39 is 6.04 Å². The summed E-state index contributed by atoms with van der Waals surface area (Å²) in [4.78, 5) is 13.9. The molecule has 2 rings (SSSR count). The van der Waals surface area contributed by atoms with E-state index in [4.69, 9.17) is 5.73 Å². The Labute approximate surface area is 110 Å². The van der Waals surface area contributed by atoms with E-state index in [1.165, 1.54) is 0 Å². The fourth-order valence-electron chi connectivity index (χ4n) is 1.87. The van der Waals surface area contributed by atoms with Gasteiger partial charge in [-0.2, -0.15) is 0 Å². The topological polar surface area (TPSA) is 46.3 Å². The lowest BCUT2D eigenvalue weighted by atomic mass is 10.2. The molecule has 1 aliphatic carbocycles. The Morgan fingerprint density at radius 2 is 2.29 bits per heavy atom. The smallest absolute Gasteiger partial charge is 0.239 e. The normalized spacial score (nSPS) is 16.6. The van der Waals surface area contributed by atoms with Crippen LogP contribution in [0.5, 0.6) is 0 Å². The third-order valence-electron chi connectivity index (χ3n) is 2.90. The average Bonchev–Trinajstić information content (AvgIpc) is 3.09. The van der Waals surface area contributed by atoms with Gasteiger partial charge in [-0.15, -0.1) is 0 Å². The fourth-order valence-corrected chi connectivity index (χ4v) is 2.31. The van der Waals surface area contributed by atoms with Crippen LogP contribution in [0.3, 0.4) is 0 Å². The van der Waals surface area contributed by atoms with Gasteiger partial charge in [0.1, 0.15) is 0 Å². The van der Waals surface area contributed by atoms with E-state index in [9.17, 15) is 4.79 Å². The first-order valence-electron chi connectivity index (χ1n) is 5.88. The molecule has 1 aliphatic rings. The lowest BCUT2D eigenvalue weighted by Gasteiger charge is -2.24. The number of rotatable bonds is 4. The quantitative estimate of drug-likeness (QED) is 0.927. The second-order valence-corrected chi connectivity index (χ2v) is 5.53. The van der Waals surface area contributed by atoms with Gasteiger partial charge in [0.15, 0.2) is 0 Å². The number of hydrogen-bond acceptors (Lipinski definition) is 2. The van der Waals surface area contributed by atoms with Crippen molar-refractivity contribution in [3.63, 3.8) is 0 Å². The van der Waals surface area contributed by atoms with Crippen LogP contribution < -0.4 is 5.73 Å². The zero-order valence-corrected chi connectivity index (χ0v) is 11.5. The van der Waals surface area contributed by atoms with Gasteiger partial charge >= 0.3 is 0 Å². The molecule has 0 aliphatic heterocycles. The number of carbonyl (C=O) groups excluding carboxylic acids is 1. The van der Waals surface area contributed by atoms with Gasteiger partial charge in [-0.05, 0) is 37.5 Å². The predicted molar refractivity (Wildman–Crippen MR) is 71.4 cm³/mol. The van der Waals surface area contributed by atoms with E-state index in [0.29, 0.717) is 12.6 Å². The van der Waals surface area contributed by atoms with Gasteiger partial charge in [0.05, 0.1) is 6.04 Å². The molecule has 3 nitrogen and oxygen atoms in total. The van der Waals surface area contributed by atoms with Crippen molar-refractivity contribution < 1.29 is 4.79 Å². The van der Waals surface area contributed by atoms with Crippen molar-refractivity contribution in [3.8, 4) is 0 Å². The predicted octanol–water partition coefficient (Wildman–Crippen LogP) is 2.29. The number of halogens is 1. The SMILES string of the molecule is CC(N)C(=O)N(Cc1cccc(Br)c1)C1CC1. The Morgan fingerprint density at radius 3 is 2.82 bits per heavy atom. The first-order chi connectivity index (χ1) is 8.08. The molecule has 0 bridgehead atoms. The molecule has 1 aromatic carbocycles. The summed E-state index contributed by atoms with van der Waals surface area (Å²) >= 11 is 3.44. The molecule has 1 saturated carbocycles. The van der Waals surface area contributed by atoms with Gasteiger partial charge in [0.25, 0.3) is 0 Å². The summed E-state index contributed by atoms with van der Waals surface area (Å²) in [7, 11) is 0. The molecule has 2 N–H and O–H groups in total. The zero-order chi connectivity index (χ0) is 12.4. The Hall–Kier alpha value is -0.870. The van der Waals surface area contributed by atoms with E-state index in [-0.39, 0.29) is 5.91 Å². The molecule has 1 amide bonds. The van der Waals surface area contributed by atoms with Crippen molar-refractivity contribution in [3.05, 3.63) is 34.3 Å². The van der Waals surface area contributed by atoms with Crippen LogP contribution in [-0.4, -0.2) is 22.9 Å². The summed E-state index contributed by atoms with van der Waals surface area (Å²) in [5, 5.41) is 0. The number of amides is 1. The second-order valence-electron chi connectivity index (χ2n) is 4.62. The Balaban J connectivity index is 2.10. The summed E-state index contributed by atoms with van der Waals surface area (Å²) in [6.45, 7) is 2.41. The minimum absolute atomic E-state index is 0.0486. The van der Waals surface area contributed by atoms with Crippen molar-refractivity contribution >= 4 is 21.8 Å². The van der Waals surface area contributed by atoms with Crippen LogP contribution in [0, 0.1) is 0 Å². The summed E-state index contributed by atoms with van der Waals surface area (Å²) in [5.74, 6) is 0.0486. The van der Waals surface area contributed by atoms with Crippen LogP contribution in [-0.2, 0) is 11.3 Å². The maximum atomic E-state index is 12.0. The number of hydrogen-bond donors (Lipinski definition) is 1. The molecule has 1 aromatic rings. The average molecular weight is 297 g/mol. The van der Waals surface area contributed by atoms with Crippen molar-refractivity contribution in [2.45, 2.75) is 38.4 Å². The lowest BCUT2D eigenvalue weighted by Crippen LogP contribution is -2.42. The van der Waals surface area contributed by atoms with Crippen LogP contribution in [0.25, 0.3) is 0 Å². The highest BCUT2D eigenvalue weighted by Crippen LogP contribution is 2.29. The van der Waals surface area contributed by atoms with Crippen LogP contribution in [0.15, 0.2) is 28.7 Å².